The molecule has 0 spiro atoms. The molecule has 7 nitrogen and oxygen atoms in total. The number of pyridine rings is 1. The zero-order valence-corrected chi connectivity index (χ0v) is 15.9. The van der Waals surface area contributed by atoms with E-state index >= 15 is 0 Å². The van der Waals surface area contributed by atoms with E-state index in [9.17, 15) is 4.79 Å². The number of imidazole rings is 1. The minimum absolute atomic E-state index is 0.0780. The van der Waals surface area contributed by atoms with Gasteiger partial charge >= 0.3 is 0 Å². The van der Waals surface area contributed by atoms with Crippen LogP contribution in [0.5, 0.6) is 0 Å². The summed E-state index contributed by atoms with van der Waals surface area (Å²) in [6, 6.07) is 8.06. The van der Waals surface area contributed by atoms with E-state index in [1.807, 2.05) is 44.4 Å². The number of benzene rings is 1. The molecule has 3 rings (SSSR count). The average molecular weight is 369 g/mol. The number of anilines is 1. The van der Waals surface area contributed by atoms with Crippen LogP contribution in [-0.4, -0.2) is 40.2 Å². The van der Waals surface area contributed by atoms with E-state index in [-0.39, 0.29) is 11.9 Å². The van der Waals surface area contributed by atoms with Crippen molar-refractivity contribution in [2.75, 3.05) is 25.5 Å². The number of para-hydroxylation sites is 1. The van der Waals surface area contributed by atoms with Gasteiger partial charge in [-0.15, -0.1) is 0 Å². The lowest BCUT2D eigenvalue weighted by atomic mass is 10.1. The molecule has 2 heterocycles. The molecule has 3 aromatic rings. The van der Waals surface area contributed by atoms with E-state index in [1.54, 1.807) is 0 Å². The van der Waals surface area contributed by atoms with Crippen LogP contribution in [0.15, 0.2) is 30.6 Å². The van der Waals surface area contributed by atoms with E-state index in [0.717, 1.165) is 34.8 Å². The van der Waals surface area contributed by atoms with Gasteiger partial charge in [-0.25, -0.2) is 9.97 Å². The van der Waals surface area contributed by atoms with Crippen LogP contribution in [0.1, 0.15) is 39.2 Å². The number of nitrogens with one attached hydrogen (secondary N) is 1. The molecule has 3 N–H and O–H groups in total. The Labute approximate surface area is 158 Å². The summed E-state index contributed by atoms with van der Waals surface area (Å²) in [7, 11) is 0. The monoisotopic (exact) mass is 369 g/mol. The summed E-state index contributed by atoms with van der Waals surface area (Å²) in [4.78, 5) is 20.4. The Morgan fingerprint density at radius 1 is 1.33 bits per heavy atom. The first-order chi connectivity index (χ1) is 13.2. The number of amides is 1. The molecule has 0 fully saturated rings. The van der Waals surface area contributed by atoms with E-state index in [4.69, 9.17) is 10.5 Å². The van der Waals surface area contributed by atoms with Gasteiger partial charge in [-0.05, 0) is 25.8 Å². The van der Waals surface area contributed by atoms with Crippen LogP contribution in [-0.2, 0) is 9.53 Å². The molecule has 27 heavy (non-hydrogen) atoms. The number of hydrogen-bond donors (Lipinski definition) is 2. The Morgan fingerprint density at radius 3 is 2.93 bits per heavy atom. The number of nitrogen functional groups attached to an aromatic ring is 1. The van der Waals surface area contributed by atoms with Gasteiger partial charge in [0.1, 0.15) is 5.52 Å². The van der Waals surface area contributed by atoms with E-state index in [0.29, 0.717) is 32.0 Å². The molecule has 1 aromatic carbocycles. The van der Waals surface area contributed by atoms with Crippen molar-refractivity contribution in [3.05, 3.63) is 30.6 Å². The molecule has 1 atom stereocenters. The average Bonchev–Trinajstić information content (AvgIpc) is 3.13. The van der Waals surface area contributed by atoms with Crippen molar-refractivity contribution in [1.29, 1.82) is 0 Å². The van der Waals surface area contributed by atoms with Crippen LogP contribution in [0.4, 0.5) is 5.82 Å². The van der Waals surface area contributed by atoms with Gasteiger partial charge in [0, 0.05) is 25.0 Å². The highest BCUT2D eigenvalue weighted by Gasteiger charge is 2.18. The van der Waals surface area contributed by atoms with Crippen LogP contribution in [0.2, 0.25) is 0 Å². The highest BCUT2D eigenvalue weighted by atomic mass is 16.5. The number of fused-ring (bicyclic) bond motifs is 3. The Kier molecular flexibility index (Phi) is 6.24. The number of hydrogen-bond acceptors (Lipinski definition) is 5. The fourth-order valence-electron chi connectivity index (χ4n) is 3.29. The minimum atomic E-state index is 0.0780. The molecule has 0 aliphatic carbocycles. The summed E-state index contributed by atoms with van der Waals surface area (Å²) in [5.74, 6) is 0.516. The molecule has 0 saturated carbocycles. The standard InChI is InChI=1S/C20H27N5O2/c1-3-17(26)22-11-7-8-14(12-27-4-2)25-13-23-18-19(25)15-9-5-6-10-16(15)24-20(18)21/h5-6,9-10,13-14H,3-4,7-8,11-12H2,1-2H3,(H2,21,24)(H,22,26)/t14-/m0/s1. The molecule has 144 valence electrons. The molecule has 7 heteroatoms. The summed E-state index contributed by atoms with van der Waals surface area (Å²) in [5.41, 5.74) is 8.70. The SMILES string of the molecule is CCOC[C@H](CCCNC(=O)CC)n1cnc2c(N)nc3ccccc3c21. The maximum atomic E-state index is 11.4. The minimum Gasteiger partial charge on any atom is -0.382 e. The summed E-state index contributed by atoms with van der Waals surface area (Å²) < 4.78 is 7.87. The first-order valence-corrected chi connectivity index (χ1v) is 9.50. The molecule has 0 aliphatic heterocycles. The van der Waals surface area contributed by atoms with Crippen molar-refractivity contribution in [2.24, 2.45) is 0 Å². The van der Waals surface area contributed by atoms with Crippen molar-refractivity contribution < 1.29 is 9.53 Å². The van der Waals surface area contributed by atoms with Crippen molar-refractivity contribution in [3.8, 4) is 0 Å². The predicted octanol–water partition coefficient (Wildman–Crippen LogP) is 3.05. The maximum Gasteiger partial charge on any atom is 0.219 e. The van der Waals surface area contributed by atoms with E-state index < -0.39 is 0 Å². The van der Waals surface area contributed by atoms with Gasteiger partial charge in [-0.2, -0.15) is 0 Å². The van der Waals surface area contributed by atoms with Gasteiger partial charge in [-0.1, -0.05) is 25.1 Å². The fraction of sp³-hybridized carbons (Fsp3) is 0.450. The largest absolute Gasteiger partial charge is 0.382 e. The van der Waals surface area contributed by atoms with Crippen molar-refractivity contribution in [3.63, 3.8) is 0 Å². The van der Waals surface area contributed by atoms with Crippen LogP contribution >= 0.6 is 0 Å². The predicted molar refractivity (Wildman–Crippen MR) is 108 cm³/mol. The number of nitrogens with two attached hydrogens (primary N) is 1. The van der Waals surface area contributed by atoms with Gasteiger partial charge in [0.25, 0.3) is 0 Å². The van der Waals surface area contributed by atoms with Gasteiger partial charge in [0.15, 0.2) is 5.82 Å². The number of carbonyl (C=O) groups is 1. The van der Waals surface area contributed by atoms with Gasteiger partial charge in [0.2, 0.25) is 5.91 Å². The molecule has 1 amide bonds. The lowest BCUT2D eigenvalue weighted by Gasteiger charge is -2.20. The third-order valence-electron chi connectivity index (χ3n) is 4.70. The number of carbonyl (C=O) groups excluding carboxylic acids is 1. The Balaban J connectivity index is 1.91. The van der Waals surface area contributed by atoms with Gasteiger partial charge in [0.05, 0.1) is 30.0 Å². The number of nitrogens with zero attached hydrogens (tertiary/aromatic N) is 3. The smallest absolute Gasteiger partial charge is 0.219 e. The summed E-state index contributed by atoms with van der Waals surface area (Å²) in [6.07, 6.45) is 4.06. The molecule has 0 saturated heterocycles. The zero-order chi connectivity index (χ0) is 19.2. The summed E-state index contributed by atoms with van der Waals surface area (Å²) in [6.45, 7) is 5.74. The number of ether oxygens (including phenoxy) is 1. The fourth-order valence-corrected chi connectivity index (χ4v) is 3.29. The molecule has 2 aromatic heterocycles. The lowest BCUT2D eigenvalue weighted by Crippen LogP contribution is -2.24. The van der Waals surface area contributed by atoms with Crippen molar-refractivity contribution >= 4 is 33.7 Å². The van der Waals surface area contributed by atoms with Crippen LogP contribution in [0, 0.1) is 0 Å². The first kappa shape index (κ1) is 19.1. The normalized spacial score (nSPS) is 12.5. The highest BCUT2D eigenvalue weighted by molar-refractivity contribution is 6.06. The lowest BCUT2D eigenvalue weighted by molar-refractivity contribution is -0.120. The molecule has 0 radical (unpaired) electrons. The molecule has 0 bridgehead atoms. The zero-order valence-electron chi connectivity index (χ0n) is 15.9. The Hall–Kier alpha value is -2.67. The Bertz CT molecular complexity index is 921. The quantitative estimate of drug-likeness (QED) is 0.565. The highest BCUT2D eigenvalue weighted by Crippen LogP contribution is 2.30. The topological polar surface area (TPSA) is 95.1 Å². The third-order valence-corrected chi connectivity index (χ3v) is 4.70. The molecular formula is C20H27N5O2. The maximum absolute atomic E-state index is 11.4. The molecular weight excluding hydrogens is 342 g/mol. The first-order valence-electron chi connectivity index (χ1n) is 9.50. The van der Waals surface area contributed by atoms with Gasteiger partial charge < -0.3 is 20.4 Å². The van der Waals surface area contributed by atoms with Crippen LogP contribution in [0.25, 0.3) is 21.9 Å². The second-order valence-corrected chi connectivity index (χ2v) is 6.52. The number of aromatic nitrogens is 3. The van der Waals surface area contributed by atoms with Crippen molar-refractivity contribution in [2.45, 2.75) is 39.2 Å². The number of rotatable bonds is 9. The van der Waals surface area contributed by atoms with E-state index in [1.165, 1.54) is 0 Å². The second kappa shape index (κ2) is 8.81. The van der Waals surface area contributed by atoms with Crippen molar-refractivity contribution in [1.82, 2.24) is 19.9 Å². The Morgan fingerprint density at radius 2 is 2.15 bits per heavy atom. The molecule has 0 aliphatic rings. The summed E-state index contributed by atoms with van der Waals surface area (Å²) >= 11 is 0. The van der Waals surface area contributed by atoms with E-state index in [2.05, 4.69) is 19.9 Å². The van der Waals surface area contributed by atoms with Gasteiger partial charge in [-0.3, -0.25) is 4.79 Å². The van der Waals surface area contributed by atoms with Crippen LogP contribution in [0.3, 0.4) is 0 Å². The summed E-state index contributed by atoms with van der Waals surface area (Å²) in [5, 5.41) is 3.96. The molecule has 0 unspecified atom stereocenters. The second-order valence-electron chi connectivity index (χ2n) is 6.52. The van der Waals surface area contributed by atoms with Crippen LogP contribution < -0.4 is 11.1 Å². The third kappa shape index (κ3) is 4.19.